The maximum absolute atomic E-state index is 2.38. The highest BCUT2D eigenvalue weighted by molar-refractivity contribution is 4.74. The van der Waals surface area contributed by atoms with Gasteiger partial charge in [0.25, 0.3) is 0 Å². The van der Waals surface area contributed by atoms with E-state index in [1.165, 1.54) is 32.1 Å². The van der Waals surface area contributed by atoms with Crippen molar-refractivity contribution in [2.24, 2.45) is 23.7 Å². The zero-order chi connectivity index (χ0) is 17.8. The molecule has 0 saturated heterocycles. The summed E-state index contributed by atoms with van der Waals surface area (Å²) in [5, 5.41) is 0. The van der Waals surface area contributed by atoms with Crippen molar-refractivity contribution in [2.75, 3.05) is 0 Å². The second-order valence-corrected chi connectivity index (χ2v) is 6.43. The molecule has 2 unspecified atom stereocenters. The maximum Gasteiger partial charge on any atom is -0.0388 e. The molecule has 1 aliphatic carbocycles. The van der Waals surface area contributed by atoms with Crippen molar-refractivity contribution in [2.45, 2.75) is 115 Å². The Balaban J connectivity index is -0.000000103. The van der Waals surface area contributed by atoms with Crippen LogP contribution in [0.15, 0.2) is 0 Å². The van der Waals surface area contributed by atoms with Gasteiger partial charge in [-0.2, -0.15) is 0 Å². The largest absolute Gasteiger partial charge is 0.0683 e. The fourth-order valence-corrected chi connectivity index (χ4v) is 1.86. The van der Waals surface area contributed by atoms with Gasteiger partial charge in [0.2, 0.25) is 0 Å². The molecule has 0 bridgehead atoms. The highest BCUT2D eigenvalue weighted by Crippen LogP contribution is 2.34. The van der Waals surface area contributed by atoms with Crippen molar-refractivity contribution in [3.05, 3.63) is 0 Å². The van der Waals surface area contributed by atoms with Crippen molar-refractivity contribution in [3.63, 3.8) is 0 Å². The standard InChI is InChI=1S/C9H18.C5H12.C3H8.2C2H6/c1-7(2)9-5-4-8(3)6-9;1-4-5(2)3;1-3-2;2*1-2/h7-9H,4-6H2,1-3H3;5H,4H2,1-3H3;3H2,1-2H3;2*1-2H3. The van der Waals surface area contributed by atoms with Gasteiger partial charge in [0.15, 0.2) is 0 Å². The lowest BCUT2D eigenvalue weighted by atomic mass is 9.94. The monoisotopic (exact) mass is 302 g/mol. The predicted molar refractivity (Wildman–Crippen MR) is 105 cm³/mol. The first-order valence-electron chi connectivity index (χ1n) is 9.88. The SMILES string of the molecule is CC.CC.CC1CCC(C(C)C)C1.CCC.CCC(C)C. The van der Waals surface area contributed by atoms with E-state index in [-0.39, 0.29) is 0 Å². The molecule has 0 aromatic carbocycles. The highest BCUT2D eigenvalue weighted by Gasteiger charge is 2.23. The third-order valence-corrected chi connectivity index (χ3v) is 3.49. The molecular weight excluding hydrogens is 252 g/mol. The van der Waals surface area contributed by atoms with Gasteiger partial charge in [0, 0.05) is 0 Å². The molecule has 0 spiro atoms. The summed E-state index contributed by atoms with van der Waals surface area (Å²) in [4.78, 5) is 0. The molecule has 0 aromatic heterocycles. The molecule has 1 fully saturated rings. The van der Waals surface area contributed by atoms with Crippen LogP contribution in [0.2, 0.25) is 0 Å². The van der Waals surface area contributed by atoms with Gasteiger partial charge in [-0.1, -0.05) is 102 Å². The summed E-state index contributed by atoms with van der Waals surface area (Å²) in [5.41, 5.74) is 0. The molecule has 0 heterocycles. The van der Waals surface area contributed by atoms with Crippen molar-refractivity contribution >= 4 is 0 Å². The molecule has 134 valence electrons. The lowest BCUT2D eigenvalue weighted by molar-refractivity contribution is 0.384. The van der Waals surface area contributed by atoms with Crippen LogP contribution in [0.4, 0.5) is 0 Å². The molecule has 0 heteroatoms. The van der Waals surface area contributed by atoms with E-state index in [4.69, 9.17) is 0 Å². The zero-order valence-electron chi connectivity index (χ0n) is 17.8. The summed E-state index contributed by atoms with van der Waals surface area (Å²) in [5.74, 6) is 3.86. The van der Waals surface area contributed by atoms with Crippen LogP contribution in [0, 0.1) is 23.7 Å². The van der Waals surface area contributed by atoms with Gasteiger partial charge in [-0.15, -0.1) is 0 Å². The minimum absolute atomic E-state index is 0.884. The summed E-state index contributed by atoms with van der Waals surface area (Å²) < 4.78 is 0. The van der Waals surface area contributed by atoms with E-state index in [1.54, 1.807) is 0 Å². The minimum atomic E-state index is 0.884. The zero-order valence-corrected chi connectivity index (χ0v) is 17.8. The molecule has 1 rings (SSSR count). The van der Waals surface area contributed by atoms with E-state index in [1.807, 2.05) is 27.7 Å². The lowest BCUT2D eigenvalue weighted by Gasteiger charge is -2.12. The van der Waals surface area contributed by atoms with Gasteiger partial charge in [-0.3, -0.25) is 0 Å². The highest BCUT2D eigenvalue weighted by atomic mass is 14.3. The Labute approximate surface area is 139 Å². The summed E-state index contributed by atoms with van der Waals surface area (Å²) in [7, 11) is 0. The van der Waals surface area contributed by atoms with Crippen molar-refractivity contribution in [1.82, 2.24) is 0 Å². The van der Waals surface area contributed by atoms with Crippen LogP contribution >= 0.6 is 0 Å². The predicted octanol–water partition coefficient (Wildman–Crippen LogP) is 8.60. The summed E-state index contributed by atoms with van der Waals surface area (Å²) >= 11 is 0. The molecule has 1 saturated carbocycles. The van der Waals surface area contributed by atoms with Crippen LogP contribution in [-0.2, 0) is 0 Å². The average Bonchev–Trinajstić information content (AvgIpc) is 2.92. The topological polar surface area (TPSA) is 0 Å². The van der Waals surface area contributed by atoms with E-state index in [0.29, 0.717) is 0 Å². The third kappa shape index (κ3) is 28.8. The molecular formula is C21H50. The van der Waals surface area contributed by atoms with Gasteiger partial charge >= 0.3 is 0 Å². The molecule has 0 radical (unpaired) electrons. The summed E-state index contributed by atoms with van der Waals surface area (Å²) in [6, 6.07) is 0. The Morgan fingerprint density at radius 2 is 1.14 bits per heavy atom. The first-order chi connectivity index (χ1) is 9.88. The number of rotatable bonds is 2. The van der Waals surface area contributed by atoms with Crippen LogP contribution in [-0.4, -0.2) is 0 Å². The summed E-state index contributed by atoms with van der Waals surface area (Å²) in [6.45, 7) is 26.0. The van der Waals surface area contributed by atoms with Crippen LogP contribution in [0.5, 0.6) is 0 Å². The molecule has 0 aromatic rings. The third-order valence-electron chi connectivity index (χ3n) is 3.49. The Morgan fingerprint density at radius 3 is 1.24 bits per heavy atom. The van der Waals surface area contributed by atoms with E-state index < -0.39 is 0 Å². The Kier molecular flexibility index (Phi) is 34.6. The van der Waals surface area contributed by atoms with Crippen molar-refractivity contribution in [1.29, 1.82) is 0 Å². The first kappa shape index (κ1) is 29.1. The molecule has 21 heavy (non-hydrogen) atoms. The van der Waals surface area contributed by atoms with Crippen molar-refractivity contribution < 1.29 is 0 Å². The Hall–Kier alpha value is 0. The van der Waals surface area contributed by atoms with Gasteiger partial charge in [0.1, 0.15) is 0 Å². The number of hydrogen-bond acceptors (Lipinski definition) is 0. The molecule has 0 N–H and O–H groups in total. The van der Waals surface area contributed by atoms with E-state index >= 15 is 0 Å². The first-order valence-corrected chi connectivity index (χ1v) is 9.88. The van der Waals surface area contributed by atoms with Gasteiger partial charge < -0.3 is 0 Å². The van der Waals surface area contributed by atoms with E-state index in [0.717, 1.165) is 23.7 Å². The fourth-order valence-electron chi connectivity index (χ4n) is 1.86. The van der Waals surface area contributed by atoms with Gasteiger partial charge in [-0.05, 0) is 36.5 Å². The smallest absolute Gasteiger partial charge is 0.0388 e. The molecule has 0 aliphatic heterocycles. The maximum atomic E-state index is 2.38. The fraction of sp³-hybridized carbons (Fsp3) is 1.00. The van der Waals surface area contributed by atoms with Gasteiger partial charge in [0.05, 0.1) is 0 Å². The lowest BCUT2D eigenvalue weighted by Crippen LogP contribution is -2.02. The van der Waals surface area contributed by atoms with Crippen LogP contribution in [0.25, 0.3) is 0 Å². The molecule has 0 amide bonds. The Morgan fingerprint density at radius 1 is 0.810 bits per heavy atom. The van der Waals surface area contributed by atoms with E-state index in [2.05, 4.69) is 55.4 Å². The quantitative estimate of drug-likeness (QED) is 0.479. The van der Waals surface area contributed by atoms with Crippen LogP contribution < -0.4 is 0 Å². The molecule has 0 nitrogen and oxygen atoms in total. The minimum Gasteiger partial charge on any atom is -0.0683 e. The number of hydrogen-bond donors (Lipinski definition) is 0. The summed E-state index contributed by atoms with van der Waals surface area (Å²) in [6.07, 6.45) is 7.00. The molecule has 1 aliphatic rings. The average molecular weight is 303 g/mol. The van der Waals surface area contributed by atoms with Crippen LogP contribution in [0.1, 0.15) is 115 Å². The van der Waals surface area contributed by atoms with E-state index in [9.17, 15) is 0 Å². The molecule has 2 atom stereocenters. The van der Waals surface area contributed by atoms with Gasteiger partial charge in [-0.25, -0.2) is 0 Å². The second-order valence-electron chi connectivity index (χ2n) is 6.43. The normalized spacial score (nSPS) is 19.1. The Bertz CT molecular complexity index is 135. The van der Waals surface area contributed by atoms with Crippen molar-refractivity contribution in [3.8, 4) is 0 Å². The van der Waals surface area contributed by atoms with Crippen LogP contribution in [0.3, 0.4) is 0 Å². The second kappa shape index (κ2) is 25.0.